The van der Waals surface area contributed by atoms with Crippen molar-refractivity contribution in [3.8, 4) is 0 Å². The van der Waals surface area contributed by atoms with E-state index in [1.54, 1.807) is 0 Å². The summed E-state index contributed by atoms with van der Waals surface area (Å²) >= 11 is 6.92. The Labute approximate surface area is 85.9 Å². The van der Waals surface area contributed by atoms with Crippen LogP contribution in [0, 0.1) is 0 Å². The molecule has 0 amide bonds. The van der Waals surface area contributed by atoms with Gasteiger partial charge in [0.15, 0.2) is 0 Å². The third-order valence-electron chi connectivity index (χ3n) is 2.13. The molecule has 0 spiro atoms. The van der Waals surface area contributed by atoms with Crippen LogP contribution in [0.15, 0.2) is 0 Å². The number of hydrogen-bond donors (Lipinski definition) is 1. The Balaban J connectivity index is 2.08. The van der Waals surface area contributed by atoms with Gasteiger partial charge < -0.3 is 10.6 Å². The van der Waals surface area contributed by atoms with E-state index >= 15 is 0 Å². The monoisotopic (exact) mass is 218 g/mol. The minimum Gasteiger partial charge on any atom is -0.338 e. The van der Waals surface area contributed by atoms with E-state index in [1.165, 1.54) is 11.5 Å². The fourth-order valence-corrected chi connectivity index (χ4v) is 2.13. The molecule has 1 atom stereocenters. The molecule has 1 fully saturated rings. The average molecular weight is 219 g/mol. The quantitative estimate of drug-likeness (QED) is 0.768. The molecule has 0 saturated carbocycles. The van der Waals surface area contributed by atoms with E-state index in [2.05, 4.69) is 14.3 Å². The number of anilines is 1. The van der Waals surface area contributed by atoms with Crippen LogP contribution in [0.25, 0.3) is 0 Å². The van der Waals surface area contributed by atoms with Gasteiger partial charge in [-0.05, 0) is 24.4 Å². The highest BCUT2D eigenvalue weighted by Gasteiger charge is 2.19. The first-order valence-electron chi connectivity index (χ1n) is 4.25. The Kier molecular flexibility index (Phi) is 2.66. The molecule has 1 aromatic heterocycles. The summed E-state index contributed by atoms with van der Waals surface area (Å²) in [5, 5.41) is 0. The fourth-order valence-electron chi connectivity index (χ4n) is 1.52. The summed E-state index contributed by atoms with van der Waals surface area (Å²) in [6.45, 7) is 1.83. The first-order chi connectivity index (χ1) is 6.25. The number of halogens is 1. The van der Waals surface area contributed by atoms with E-state index in [0.29, 0.717) is 4.47 Å². The van der Waals surface area contributed by atoms with Crippen LogP contribution in [0.5, 0.6) is 0 Å². The lowest BCUT2D eigenvalue weighted by molar-refractivity contribution is 0.501. The van der Waals surface area contributed by atoms with E-state index in [-0.39, 0.29) is 6.04 Å². The molecule has 13 heavy (non-hydrogen) atoms. The lowest BCUT2D eigenvalue weighted by Gasteiger charge is -2.29. The zero-order valence-electron chi connectivity index (χ0n) is 7.11. The van der Waals surface area contributed by atoms with Gasteiger partial charge in [-0.2, -0.15) is 9.36 Å². The molecule has 4 nitrogen and oxygen atoms in total. The van der Waals surface area contributed by atoms with Gasteiger partial charge in [-0.1, -0.05) is 0 Å². The average Bonchev–Trinajstić information content (AvgIpc) is 2.52. The smallest absolute Gasteiger partial charge is 0.238 e. The standard InChI is InChI=1S/C7H11ClN4S/c8-6-10-7(11-13-6)12-3-1-2-5(9)4-12/h5H,1-4,9H2. The van der Waals surface area contributed by atoms with Crippen molar-refractivity contribution in [3.05, 3.63) is 4.47 Å². The predicted molar refractivity (Wildman–Crippen MR) is 54.3 cm³/mol. The highest BCUT2D eigenvalue weighted by Crippen LogP contribution is 2.20. The molecule has 1 aliphatic heterocycles. The minimum atomic E-state index is 0.246. The van der Waals surface area contributed by atoms with Gasteiger partial charge in [0.1, 0.15) is 0 Å². The normalized spacial score (nSPS) is 23.5. The van der Waals surface area contributed by atoms with Crippen LogP contribution in [0.4, 0.5) is 5.95 Å². The second kappa shape index (κ2) is 3.77. The number of aromatic nitrogens is 2. The summed E-state index contributed by atoms with van der Waals surface area (Å²) in [4.78, 5) is 6.21. The molecule has 6 heteroatoms. The van der Waals surface area contributed by atoms with Crippen molar-refractivity contribution >= 4 is 29.1 Å². The van der Waals surface area contributed by atoms with Crippen LogP contribution in [-0.4, -0.2) is 28.5 Å². The molecular formula is C7H11ClN4S. The van der Waals surface area contributed by atoms with Gasteiger partial charge in [0.2, 0.25) is 10.4 Å². The van der Waals surface area contributed by atoms with Crippen molar-refractivity contribution in [2.75, 3.05) is 18.0 Å². The molecule has 2 rings (SSSR count). The zero-order chi connectivity index (χ0) is 9.26. The maximum atomic E-state index is 5.84. The molecule has 72 valence electrons. The molecule has 1 unspecified atom stereocenters. The van der Waals surface area contributed by atoms with Crippen molar-refractivity contribution in [2.45, 2.75) is 18.9 Å². The van der Waals surface area contributed by atoms with Crippen LogP contribution in [0.1, 0.15) is 12.8 Å². The third-order valence-corrected chi connectivity index (χ3v) is 2.92. The predicted octanol–water partition coefficient (Wildman–Crippen LogP) is 1.12. The summed E-state index contributed by atoms with van der Waals surface area (Å²) in [6.07, 6.45) is 2.20. The van der Waals surface area contributed by atoms with Gasteiger partial charge in [-0.15, -0.1) is 0 Å². The molecule has 1 aliphatic rings. The second-order valence-electron chi connectivity index (χ2n) is 3.20. The first-order valence-corrected chi connectivity index (χ1v) is 5.40. The van der Waals surface area contributed by atoms with Gasteiger partial charge >= 0.3 is 0 Å². The summed E-state index contributed by atoms with van der Waals surface area (Å²) in [6, 6.07) is 0.246. The van der Waals surface area contributed by atoms with E-state index < -0.39 is 0 Å². The van der Waals surface area contributed by atoms with Crippen LogP contribution in [0.2, 0.25) is 4.47 Å². The molecule has 2 heterocycles. The topological polar surface area (TPSA) is 55.0 Å². The lowest BCUT2D eigenvalue weighted by Crippen LogP contribution is -2.43. The van der Waals surface area contributed by atoms with E-state index in [4.69, 9.17) is 17.3 Å². The fraction of sp³-hybridized carbons (Fsp3) is 0.714. The molecule has 0 radical (unpaired) electrons. The lowest BCUT2D eigenvalue weighted by atomic mass is 10.1. The van der Waals surface area contributed by atoms with Crippen molar-refractivity contribution in [2.24, 2.45) is 5.73 Å². The Hall–Kier alpha value is -0.390. The summed E-state index contributed by atoms with van der Waals surface area (Å²) < 4.78 is 4.64. The zero-order valence-corrected chi connectivity index (χ0v) is 8.68. The molecular weight excluding hydrogens is 208 g/mol. The summed E-state index contributed by atoms with van der Waals surface area (Å²) in [7, 11) is 0. The third kappa shape index (κ3) is 2.10. The van der Waals surface area contributed by atoms with E-state index in [0.717, 1.165) is 31.9 Å². The number of rotatable bonds is 1. The molecule has 0 aromatic carbocycles. The molecule has 0 bridgehead atoms. The molecule has 1 aromatic rings. The van der Waals surface area contributed by atoms with Crippen molar-refractivity contribution in [1.82, 2.24) is 9.36 Å². The largest absolute Gasteiger partial charge is 0.338 e. The first kappa shape index (κ1) is 9.18. The maximum Gasteiger partial charge on any atom is 0.238 e. The van der Waals surface area contributed by atoms with Crippen molar-refractivity contribution in [1.29, 1.82) is 0 Å². The van der Waals surface area contributed by atoms with Crippen LogP contribution < -0.4 is 10.6 Å². The number of piperidine rings is 1. The Morgan fingerprint density at radius 1 is 1.62 bits per heavy atom. The molecule has 1 saturated heterocycles. The van der Waals surface area contributed by atoms with Crippen LogP contribution in [-0.2, 0) is 0 Å². The Morgan fingerprint density at radius 3 is 3.08 bits per heavy atom. The number of nitrogens with two attached hydrogens (primary N) is 1. The van der Waals surface area contributed by atoms with Gasteiger partial charge in [-0.25, -0.2) is 0 Å². The minimum absolute atomic E-state index is 0.246. The molecule has 2 N–H and O–H groups in total. The van der Waals surface area contributed by atoms with Crippen molar-refractivity contribution < 1.29 is 0 Å². The second-order valence-corrected chi connectivity index (χ2v) is 4.53. The highest BCUT2D eigenvalue weighted by molar-refractivity contribution is 7.10. The number of nitrogens with zero attached hydrogens (tertiary/aromatic N) is 3. The summed E-state index contributed by atoms with van der Waals surface area (Å²) in [5.74, 6) is 0.727. The van der Waals surface area contributed by atoms with E-state index in [1.807, 2.05) is 0 Å². The van der Waals surface area contributed by atoms with Crippen LogP contribution in [0.3, 0.4) is 0 Å². The van der Waals surface area contributed by atoms with Gasteiger partial charge in [0.25, 0.3) is 0 Å². The Morgan fingerprint density at radius 2 is 2.46 bits per heavy atom. The van der Waals surface area contributed by atoms with Crippen LogP contribution >= 0.6 is 23.1 Å². The summed E-state index contributed by atoms with van der Waals surface area (Å²) in [5.41, 5.74) is 5.84. The van der Waals surface area contributed by atoms with Gasteiger partial charge in [-0.3, -0.25) is 0 Å². The Bertz CT molecular complexity index is 290. The van der Waals surface area contributed by atoms with Gasteiger partial charge in [0.05, 0.1) is 0 Å². The van der Waals surface area contributed by atoms with Gasteiger partial charge in [0, 0.05) is 30.7 Å². The number of hydrogen-bond acceptors (Lipinski definition) is 5. The maximum absolute atomic E-state index is 5.84. The van der Waals surface area contributed by atoms with Crippen molar-refractivity contribution in [3.63, 3.8) is 0 Å². The highest BCUT2D eigenvalue weighted by atomic mass is 35.5. The molecule has 0 aliphatic carbocycles. The van der Waals surface area contributed by atoms with E-state index in [9.17, 15) is 0 Å². The SMILES string of the molecule is NC1CCCN(c2nsc(Cl)n2)C1.